The Bertz CT molecular complexity index is 3620. The van der Waals surface area contributed by atoms with Gasteiger partial charge in [0, 0.05) is 33.5 Å². The van der Waals surface area contributed by atoms with Crippen molar-refractivity contribution in [3.05, 3.63) is 243 Å². The van der Waals surface area contributed by atoms with Crippen LogP contribution >= 0.6 is 0 Å². The van der Waals surface area contributed by atoms with Crippen LogP contribution in [0.25, 0.3) is 93.2 Å². The molecule has 1 heterocycles. The zero-order valence-corrected chi connectivity index (χ0v) is 34.0. The maximum absolute atomic E-state index is 2.45. The molecule has 0 radical (unpaired) electrons. The molecule has 0 fully saturated rings. The Labute approximate surface area is 360 Å². The molecule has 1 aromatic heterocycles. The Morgan fingerprint density at radius 3 is 1.53 bits per heavy atom. The highest BCUT2D eigenvalue weighted by Crippen LogP contribution is 2.48. The van der Waals surface area contributed by atoms with Gasteiger partial charge in [-0.2, -0.15) is 0 Å². The van der Waals surface area contributed by atoms with Crippen molar-refractivity contribution in [1.82, 2.24) is 4.57 Å². The molecule has 0 atom stereocenters. The molecule has 2 heteroatoms. The van der Waals surface area contributed by atoms with Gasteiger partial charge in [0.1, 0.15) is 0 Å². The summed E-state index contributed by atoms with van der Waals surface area (Å²) in [6.07, 6.45) is 0. The normalized spacial score (nSPS) is 11.5. The smallest absolute Gasteiger partial charge is 0.0542 e. The minimum atomic E-state index is 1.09. The summed E-state index contributed by atoms with van der Waals surface area (Å²) in [5.74, 6) is 0. The number of hydrogen-bond acceptors (Lipinski definition) is 1. The summed E-state index contributed by atoms with van der Waals surface area (Å²) in [5.41, 5.74) is 14.0. The Morgan fingerprint density at radius 1 is 0.258 bits per heavy atom. The molecular weight excluding hydrogens is 749 g/mol. The highest BCUT2D eigenvalue weighted by Gasteiger charge is 2.22. The van der Waals surface area contributed by atoms with Gasteiger partial charge in [0.05, 0.1) is 11.0 Å². The highest BCUT2D eigenvalue weighted by atomic mass is 15.1. The molecular formula is C60H40N2. The first kappa shape index (κ1) is 35.7. The fourth-order valence-electron chi connectivity index (χ4n) is 9.72. The van der Waals surface area contributed by atoms with E-state index in [1.165, 1.54) is 87.5 Å². The van der Waals surface area contributed by atoms with Crippen LogP contribution in [0.1, 0.15) is 0 Å². The van der Waals surface area contributed by atoms with Gasteiger partial charge in [-0.05, 0) is 132 Å². The molecule has 0 N–H and O–H groups in total. The van der Waals surface area contributed by atoms with Crippen LogP contribution in [0.3, 0.4) is 0 Å². The van der Waals surface area contributed by atoms with E-state index in [4.69, 9.17) is 0 Å². The average molecular weight is 789 g/mol. The second kappa shape index (κ2) is 14.8. The van der Waals surface area contributed by atoms with E-state index in [1.54, 1.807) is 0 Å². The van der Waals surface area contributed by atoms with Crippen molar-refractivity contribution in [2.45, 2.75) is 0 Å². The number of para-hydroxylation sites is 2. The quantitative estimate of drug-likeness (QED) is 0.146. The topological polar surface area (TPSA) is 8.17 Å². The minimum Gasteiger partial charge on any atom is -0.310 e. The van der Waals surface area contributed by atoms with Crippen LogP contribution < -0.4 is 4.90 Å². The third kappa shape index (κ3) is 5.96. The van der Waals surface area contributed by atoms with Gasteiger partial charge in [-0.25, -0.2) is 0 Å². The second-order valence-corrected chi connectivity index (χ2v) is 16.1. The van der Waals surface area contributed by atoms with Crippen molar-refractivity contribution in [1.29, 1.82) is 0 Å². The van der Waals surface area contributed by atoms with Crippen LogP contribution in [0.2, 0.25) is 0 Å². The Morgan fingerprint density at radius 2 is 0.774 bits per heavy atom. The summed E-state index contributed by atoms with van der Waals surface area (Å²) in [5, 5.41) is 9.84. The van der Waals surface area contributed by atoms with Gasteiger partial charge in [0.25, 0.3) is 0 Å². The fraction of sp³-hybridized carbons (Fsp3) is 0. The Kier molecular flexibility index (Phi) is 8.53. The molecule has 12 rings (SSSR count). The second-order valence-electron chi connectivity index (χ2n) is 16.1. The zero-order chi connectivity index (χ0) is 41.0. The maximum Gasteiger partial charge on any atom is 0.0542 e. The molecule has 0 aliphatic carbocycles. The van der Waals surface area contributed by atoms with Crippen molar-refractivity contribution in [2.75, 3.05) is 4.90 Å². The monoisotopic (exact) mass is 788 g/mol. The van der Waals surface area contributed by atoms with Gasteiger partial charge < -0.3 is 9.47 Å². The molecule has 0 amide bonds. The van der Waals surface area contributed by atoms with Gasteiger partial charge >= 0.3 is 0 Å². The number of aromatic nitrogens is 1. The zero-order valence-electron chi connectivity index (χ0n) is 34.0. The van der Waals surface area contributed by atoms with E-state index < -0.39 is 0 Å². The van der Waals surface area contributed by atoms with Crippen molar-refractivity contribution < 1.29 is 0 Å². The number of rotatable bonds is 7. The van der Waals surface area contributed by atoms with E-state index in [-0.39, 0.29) is 0 Å². The summed E-state index contributed by atoms with van der Waals surface area (Å²) >= 11 is 0. The molecule has 0 unspecified atom stereocenters. The molecule has 0 saturated heterocycles. The molecule has 0 saturated carbocycles. The predicted octanol–water partition coefficient (Wildman–Crippen LogP) is 16.7. The van der Waals surface area contributed by atoms with Crippen LogP contribution in [-0.4, -0.2) is 4.57 Å². The Balaban J connectivity index is 1.14. The molecule has 62 heavy (non-hydrogen) atoms. The van der Waals surface area contributed by atoms with Crippen molar-refractivity contribution >= 4 is 71.2 Å². The number of nitrogens with zero attached hydrogens (tertiary/aromatic N) is 2. The number of anilines is 3. The lowest BCUT2D eigenvalue weighted by Crippen LogP contribution is -2.10. The first-order valence-electron chi connectivity index (χ1n) is 21.3. The molecule has 0 aliphatic rings. The molecule has 0 spiro atoms. The molecule has 11 aromatic carbocycles. The largest absolute Gasteiger partial charge is 0.310 e. The van der Waals surface area contributed by atoms with Gasteiger partial charge in [0.2, 0.25) is 0 Å². The lowest BCUT2D eigenvalue weighted by Gasteiger charge is -2.27. The first-order valence-corrected chi connectivity index (χ1v) is 21.3. The average Bonchev–Trinajstić information content (AvgIpc) is 3.68. The van der Waals surface area contributed by atoms with Crippen LogP contribution in [0.4, 0.5) is 17.1 Å². The first-order chi connectivity index (χ1) is 30.8. The number of fused-ring (bicyclic) bond motifs is 7. The van der Waals surface area contributed by atoms with Crippen LogP contribution in [0, 0.1) is 0 Å². The molecule has 2 nitrogen and oxygen atoms in total. The number of benzene rings is 11. The molecule has 0 bridgehead atoms. The maximum atomic E-state index is 2.45. The summed E-state index contributed by atoms with van der Waals surface area (Å²) in [6.45, 7) is 0. The SMILES string of the molecule is c1ccc(-c2c(-c3ccccc3)c3cc(N(c4cccc(-c5ccc6ccccc6c5)c4)c4ccc5c(c4)c4ccccc4n5-c4ccccc4)ccc3c3ccccc23)cc1. The lowest BCUT2D eigenvalue weighted by molar-refractivity contribution is 1.18. The third-order valence-corrected chi connectivity index (χ3v) is 12.5. The van der Waals surface area contributed by atoms with Crippen molar-refractivity contribution in [2.24, 2.45) is 0 Å². The van der Waals surface area contributed by atoms with E-state index in [1.807, 2.05) is 0 Å². The molecule has 0 aliphatic heterocycles. The summed E-state index contributed by atoms with van der Waals surface area (Å²) in [6, 6.07) is 88.6. The van der Waals surface area contributed by atoms with Crippen LogP contribution in [-0.2, 0) is 0 Å². The Hall–Kier alpha value is -8.20. The molecule has 290 valence electrons. The fourth-order valence-corrected chi connectivity index (χ4v) is 9.72. The standard InChI is InChI=1S/C60H40N2/c1-4-18-42(19-5-1)59-54-29-13-12-27-51(54)52-35-33-49(40-56(52)60(59)43-20-6-2-7-21-43)61(48-26-16-23-45(38-48)46-32-31-41-17-10-11-22-44(41)37-46)50-34-36-58-55(39-50)53-28-14-15-30-57(53)62(58)47-24-8-3-9-25-47/h1-40H. The minimum absolute atomic E-state index is 1.09. The van der Waals surface area contributed by atoms with Crippen LogP contribution in [0.15, 0.2) is 243 Å². The lowest BCUT2D eigenvalue weighted by atomic mass is 9.85. The third-order valence-electron chi connectivity index (χ3n) is 12.5. The van der Waals surface area contributed by atoms with E-state index in [0.717, 1.165) is 22.7 Å². The highest BCUT2D eigenvalue weighted by molar-refractivity contribution is 6.22. The summed E-state index contributed by atoms with van der Waals surface area (Å²) in [4.78, 5) is 2.45. The van der Waals surface area contributed by atoms with Gasteiger partial charge in [0.15, 0.2) is 0 Å². The number of hydrogen-bond donors (Lipinski definition) is 0. The van der Waals surface area contributed by atoms with Gasteiger partial charge in [-0.1, -0.05) is 176 Å². The van der Waals surface area contributed by atoms with E-state index in [0.29, 0.717) is 0 Å². The summed E-state index contributed by atoms with van der Waals surface area (Å²) < 4.78 is 2.39. The van der Waals surface area contributed by atoms with Crippen molar-refractivity contribution in [3.8, 4) is 39.1 Å². The van der Waals surface area contributed by atoms with E-state index in [2.05, 4.69) is 252 Å². The van der Waals surface area contributed by atoms with E-state index in [9.17, 15) is 0 Å². The summed E-state index contributed by atoms with van der Waals surface area (Å²) in [7, 11) is 0. The van der Waals surface area contributed by atoms with E-state index >= 15 is 0 Å². The van der Waals surface area contributed by atoms with Gasteiger partial charge in [-0.15, -0.1) is 0 Å². The van der Waals surface area contributed by atoms with Gasteiger partial charge in [-0.3, -0.25) is 0 Å². The van der Waals surface area contributed by atoms with Crippen LogP contribution in [0.5, 0.6) is 0 Å². The predicted molar refractivity (Wildman–Crippen MR) is 264 cm³/mol. The van der Waals surface area contributed by atoms with Crippen molar-refractivity contribution in [3.63, 3.8) is 0 Å². The molecule has 12 aromatic rings.